The molecule has 2 atom stereocenters. The van der Waals surface area contributed by atoms with Crippen molar-refractivity contribution in [3.05, 3.63) is 47.5 Å². The highest BCUT2D eigenvalue weighted by Gasteiger charge is 2.23. The largest absolute Gasteiger partial charge is 0.355 e. The van der Waals surface area contributed by atoms with Gasteiger partial charge in [0.1, 0.15) is 0 Å². The smallest absolute Gasteiger partial charge is 0.223 e. The summed E-state index contributed by atoms with van der Waals surface area (Å²) in [5, 5.41) is 3.19. The van der Waals surface area contributed by atoms with E-state index in [2.05, 4.69) is 41.7 Å². The Balaban J connectivity index is 1.59. The number of amides is 1. The molecule has 1 aromatic rings. The van der Waals surface area contributed by atoms with Gasteiger partial charge >= 0.3 is 0 Å². The second-order valence-corrected chi connectivity index (χ2v) is 6.01. The number of hydrogen-bond donors (Lipinski definition) is 1. The summed E-state index contributed by atoms with van der Waals surface area (Å²) in [6.07, 6.45) is 10.9. The molecule has 0 spiro atoms. The van der Waals surface area contributed by atoms with Crippen molar-refractivity contribution in [3.63, 3.8) is 0 Å². The predicted molar refractivity (Wildman–Crippen MR) is 81.6 cm³/mol. The first-order valence-corrected chi connectivity index (χ1v) is 7.85. The second-order valence-electron chi connectivity index (χ2n) is 6.01. The number of rotatable bonds is 3. The van der Waals surface area contributed by atoms with Crippen LogP contribution in [0.5, 0.6) is 0 Å². The lowest BCUT2D eigenvalue weighted by atomic mass is 9.82. The van der Waals surface area contributed by atoms with Gasteiger partial charge in [-0.2, -0.15) is 0 Å². The summed E-state index contributed by atoms with van der Waals surface area (Å²) in [5.74, 6) is 0.944. The Morgan fingerprint density at radius 1 is 1.20 bits per heavy atom. The monoisotopic (exact) mass is 269 g/mol. The third kappa shape index (κ3) is 2.95. The molecule has 20 heavy (non-hydrogen) atoms. The van der Waals surface area contributed by atoms with Crippen molar-refractivity contribution in [2.75, 3.05) is 6.54 Å². The van der Waals surface area contributed by atoms with E-state index in [0.717, 1.165) is 25.8 Å². The maximum absolute atomic E-state index is 12.2. The molecule has 0 saturated carbocycles. The van der Waals surface area contributed by atoms with Crippen molar-refractivity contribution in [2.45, 2.75) is 44.4 Å². The van der Waals surface area contributed by atoms with Crippen molar-refractivity contribution in [3.8, 4) is 0 Å². The summed E-state index contributed by atoms with van der Waals surface area (Å²) < 4.78 is 0. The van der Waals surface area contributed by atoms with Crippen molar-refractivity contribution in [1.29, 1.82) is 0 Å². The molecule has 0 aromatic heterocycles. The molecule has 2 nitrogen and oxygen atoms in total. The van der Waals surface area contributed by atoms with E-state index in [9.17, 15) is 4.79 Å². The average Bonchev–Trinajstić information content (AvgIpc) is 2.53. The molecule has 1 N–H and O–H groups in total. The highest BCUT2D eigenvalue weighted by atomic mass is 16.1. The van der Waals surface area contributed by atoms with Gasteiger partial charge in [-0.15, -0.1) is 0 Å². The quantitative estimate of drug-likeness (QED) is 0.835. The van der Waals surface area contributed by atoms with Gasteiger partial charge in [-0.3, -0.25) is 4.79 Å². The molecule has 0 fully saturated rings. The molecule has 2 heteroatoms. The summed E-state index contributed by atoms with van der Waals surface area (Å²) in [4.78, 5) is 12.2. The predicted octanol–water partition coefficient (Wildman–Crippen LogP) is 3.58. The number of benzene rings is 1. The van der Waals surface area contributed by atoms with Gasteiger partial charge < -0.3 is 5.32 Å². The lowest BCUT2D eigenvalue weighted by Gasteiger charge is -2.26. The van der Waals surface area contributed by atoms with Crippen LogP contribution in [-0.4, -0.2) is 12.5 Å². The molecule has 2 aliphatic rings. The fourth-order valence-electron chi connectivity index (χ4n) is 3.47. The van der Waals surface area contributed by atoms with Crippen molar-refractivity contribution < 1.29 is 4.79 Å². The molecule has 1 aromatic carbocycles. The summed E-state index contributed by atoms with van der Waals surface area (Å²) in [5.41, 5.74) is 2.92. The molecule has 0 heterocycles. The molecule has 2 aliphatic carbocycles. The number of hydrogen-bond acceptors (Lipinski definition) is 1. The fraction of sp³-hybridized carbons (Fsp3) is 0.500. The Kier molecular flexibility index (Phi) is 4.19. The summed E-state index contributed by atoms with van der Waals surface area (Å²) in [6, 6.07) is 8.70. The zero-order valence-electron chi connectivity index (χ0n) is 12.0. The molecular weight excluding hydrogens is 246 g/mol. The van der Waals surface area contributed by atoms with Gasteiger partial charge in [0, 0.05) is 18.4 Å². The van der Waals surface area contributed by atoms with Crippen molar-refractivity contribution in [1.82, 2.24) is 5.32 Å². The van der Waals surface area contributed by atoms with Crippen LogP contribution < -0.4 is 5.32 Å². The van der Waals surface area contributed by atoms with Crippen LogP contribution in [0.1, 0.15) is 49.1 Å². The topological polar surface area (TPSA) is 29.1 Å². The molecule has 0 saturated heterocycles. The Bertz CT molecular complexity index is 506. The lowest BCUT2D eigenvalue weighted by molar-refractivity contribution is -0.125. The Hall–Kier alpha value is -1.57. The van der Waals surface area contributed by atoms with Gasteiger partial charge in [0.25, 0.3) is 0 Å². The molecule has 106 valence electrons. The highest BCUT2D eigenvalue weighted by molar-refractivity contribution is 5.79. The molecule has 0 radical (unpaired) electrons. The molecule has 0 bridgehead atoms. The number of fused-ring (bicyclic) bond motifs is 1. The number of carbonyl (C=O) groups excluding carboxylic acids is 1. The molecular formula is C18H23NO. The number of nitrogens with one attached hydrogen (secondary N) is 1. The Morgan fingerprint density at radius 3 is 2.95 bits per heavy atom. The maximum atomic E-state index is 12.2. The van der Waals surface area contributed by atoms with E-state index in [4.69, 9.17) is 0 Å². The van der Waals surface area contributed by atoms with Gasteiger partial charge in [0.15, 0.2) is 0 Å². The standard InChI is InChI=1S/C18H23NO/c20-18(15-8-2-1-3-9-15)19-13-16-11-6-10-14-7-4-5-12-17(14)16/h1-2,4-5,7,12,15-16H,3,6,8-11,13H2,(H,19,20)/t15-,16-/m0/s1. The van der Waals surface area contributed by atoms with E-state index < -0.39 is 0 Å². The zero-order chi connectivity index (χ0) is 13.8. The third-order valence-electron chi connectivity index (χ3n) is 4.66. The SMILES string of the molecule is O=C(NC[C@@H]1CCCc2ccccc21)[C@H]1CC=CCC1. The lowest BCUT2D eigenvalue weighted by Crippen LogP contribution is -2.35. The highest BCUT2D eigenvalue weighted by Crippen LogP contribution is 2.31. The van der Waals surface area contributed by atoms with E-state index in [1.54, 1.807) is 0 Å². The minimum Gasteiger partial charge on any atom is -0.355 e. The van der Waals surface area contributed by atoms with E-state index >= 15 is 0 Å². The molecule has 1 amide bonds. The first kappa shape index (κ1) is 13.4. The van der Waals surface area contributed by atoms with Crippen LogP contribution in [-0.2, 0) is 11.2 Å². The molecule has 3 rings (SSSR count). The van der Waals surface area contributed by atoms with E-state index in [1.807, 2.05) is 0 Å². The van der Waals surface area contributed by atoms with Gasteiger partial charge in [-0.25, -0.2) is 0 Å². The maximum Gasteiger partial charge on any atom is 0.223 e. The number of allylic oxidation sites excluding steroid dienone is 2. The van der Waals surface area contributed by atoms with Gasteiger partial charge in [-0.05, 0) is 49.7 Å². The van der Waals surface area contributed by atoms with Crippen LogP contribution in [0.2, 0.25) is 0 Å². The van der Waals surface area contributed by atoms with E-state index in [-0.39, 0.29) is 11.8 Å². The first-order chi connectivity index (χ1) is 9.84. The zero-order valence-corrected chi connectivity index (χ0v) is 12.0. The van der Waals surface area contributed by atoms with Gasteiger partial charge in [0.05, 0.1) is 0 Å². The number of carbonyl (C=O) groups is 1. The van der Waals surface area contributed by atoms with Crippen LogP contribution in [0, 0.1) is 5.92 Å². The van der Waals surface area contributed by atoms with Crippen LogP contribution in [0.3, 0.4) is 0 Å². The number of aryl methyl sites for hydroxylation is 1. The Labute approximate surface area is 121 Å². The van der Waals surface area contributed by atoms with Crippen LogP contribution in [0.4, 0.5) is 0 Å². The van der Waals surface area contributed by atoms with Crippen LogP contribution >= 0.6 is 0 Å². The summed E-state index contributed by atoms with van der Waals surface area (Å²) >= 11 is 0. The van der Waals surface area contributed by atoms with Crippen molar-refractivity contribution in [2.24, 2.45) is 5.92 Å². The van der Waals surface area contributed by atoms with E-state index in [0.29, 0.717) is 5.92 Å². The summed E-state index contributed by atoms with van der Waals surface area (Å²) in [6.45, 7) is 0.802. The second kappa shape index (κ2) is 6.25. The average molecular weight is 269 g/mol. The fourth-order valence-corrected chi connectivity index (χ4v) is 3.47. The van der Waals surface area contributed by atoms with E-state index in [1.165, 1.54) is 30.4 Å². The van der Waals surface area contributed by atoms with Crippen LogP contribution in [0.15, 0.2) is 36.4 Å². The van der Waals surface area contributed by atoms with Crippen molar-refractivity contribution >= 4 is 5.91 Å². The summed E-state index contributed by atoms with van der Waals surface area (Å²) in [7, 11) is 0. The molecule has 0 unspecified atom stereocenters. The third-order valence-corrected chi connectivity index (χ3v) is 4.66. The molecule has 0 aliphatic heterocycles. The minimum atomic E-state index is 0.193. The Morgan fingerprint density at radius 2 is 2.10 bits per heavy atom. The van der Waals surface area contributed by atoms with Crippen LogP contribution in [0.25, 0.3) is 0 Å². The van der Waals surface area contributed by atoms with Gasteiger partial charge in [0.2, 0.25) is 5.91 Å². The normalized spacial score (nSPS) is 25.0. The minimum absolute atomic E-state index is 0.193. The van der Waals surface area contributed by atoms with Gasteiger partial charge in [-0.1, -0.05) is 36.4 Å². The first-order valence-electron chi connectivity index (χ1n) is 7.85.